The van der Waals surface area contributed by atoms with E-state index in [4.69, 9.17) is 11.6 Å². The smallest absolute Gasteiger partial charge is 0.0149 e. The van der Waals surface area contributed by atoms with Crippen LogP contribution in [0.2, 0.25) is 0 Å². The molecule has 1 aliphatic rings. The van der Waals surface area contributed by atoms with E-state index in [1.54, 1.807) is 5.54 Å². The van der Waals surface area contributed by atoms with Gasteiger partial charge in [-0.15, -0.1) is 0 Å². The molecule has 0 radical (unpaired) electrons. The molecular formula is C12H22ClN. The highest BCUT2D eigenvalue weighted by atomic mass is 35.5. The Morgan fingerprint density at radius 3 is 2.57 bits per heavy atom. The minimum atomic E-state index is 0.732. The van der Waals surface area contributed by atoms with E-state index < -0.39 is 0 Å². The average Bonchev–Trinajstić information content (AvgIpc) is 2.21. The molecule has 0 aromatic heterocycles. The van der Waals surface area contributed by atoms with Gasteiger partial charge in [0.1, 0.15) is 0 Å². The molecule has 0 amide bonds. The summed E-state index contributed by atoms with van der Waals surface area (Å²) in [6, 6.07) is 0.732. The number of halogens is 1. The largest absolute Gasteiger partial charge is 0.310 e. The van der Waals surface area contributed by atoms with Gasteiger partial charge in [-0.25, -0.2) is 0 Å². The Balaban J connectivity index is 2.09. The van der Waals surface area contributed by atoms with Gasteiger partial charge in [0, 0.05) is 18.1 Å². The van der Waals surface area contributed by atoms with Gasteiger partial charge in [-0.05, 0) is 31.6 Å². The molecule has 0 spiro atoms. The summed E-state index contributed by atoms with van der Waals surface area (Å²) in [5.74, 6) is 1.00. The van der Waals surface area contributed by atoms with E-state index in [0.717, 1.165) is 18.5 Å². The van der Waals surface area contributed by atoms with Gasteiger partial charge in [0.15, 0.2) is 0 Å². The Labute approximate surface area is 92.9 Å². The maximum atomic E-state index is 5.46. The SMILES string of the molecule is CCCC1CCC(NC/C=C/Cl)CC1. The molecule has 1 aliphatic carbocycles. The van der Waals surface area contributed by atoms with Gasteiger partial charge in [-0.3, -0.25) is 0 Å². The Kier molecular flexibility index (Phi) is 6.29. The third-order valence-electron chi connectivity index (χ3n) is 3.16. The van der Waals surface area contributed by atoms with E-state index >= 15 is 0 Å². The minimum Gasteiger partial charge on any atom is -0.310 e. The maximum absolute atomic E-state index is 5.46. The van der Waals surface area contributed by atoms with Crippen LogP contribution < -0.4 is 5.32 Å². The molecule has 0 bridgehead atoms. The first-order chi connectivity index (χ1) is 6.86. The molecule has 1 nitrogen and oxygen atoms in total. The van der Waals surface area contributed by atoms with Gasteiger partial charge in [-0.2, -0.15) is 0 Å². The standard InChI is InChI=1S/C12H22ClN/c1-2-4-11-5-7-12(8-6-11)14-10-3-9-13/h3,9,11-12,14H,2,4-8,10H2,1H3/b9-3+. The van der Waals surface area contributed by atoms with Crippen molar-refractivity contribution in [2.45, 2.75) is 51.5 Å². The van der Waals surface area contributed by atoms with E-state index in [2.05, 4.69) is 12.2 Å². The van der Waals surface area contributed by atoms with Crippen LogP contribution in [0, 0.1) is 5.92 Å². The van der Waals surface area contributed by atoms with Crippen molar-refractivity contribution in [1.29, 1.82) is 0 Å². The minimum absolute atomic E-state index is 0.732. The van der Waals surface area contributed by atoms with Crippen LogP contribution in [0.15, 0.2) is 11.6 Å². The van der Waals surface area contributed by atoms with Crippen LogP contribution in [-0.4, -0.2) is 12.6 Å². The van der Waals surface area contributed by atoms with Gasteiger partial charge in [-0.1, -0.05) is 37.4 Å². The Morgan fingerprint density at radius 1 is 1.29 bits per heavy atom. The van der Waals surface area contributed by atoms with Crippen molar-refractivity contribution < 1.29 is 0 Å². The van der Waals surface area contributed by atoms with Crippen LogP contribution in [0.1, 0.15) is 45.4 Å². The van der Waals surface area contributed by atoms with Crippen LogP contribution in [0.3, 0.4) is 0 Å². The summed E-state index contributed by atoms with van der Waals surface area (Å²) in [6.45, 7) is 3.21. The zero-order valence-electron chi connectivity index (χ0n) is 9.14. The summed E-state index contributed by atoms with van der Waals surface area (Å²) in [5.41, 5.74) is 1.59. The zero-order chi connectivity index (χ0) is 10.2. The van der Waals surface area contributed by atoms with Gasteiger partial charge < -0.3 is 5.32 Å². The molecule has 0 unspecified atom stereocenters. The molecule has 0 aliphatic heterocycles. The lowest BCUT2D eigenvalue weighted by molar-refractivity contribution is 0.283. The third-order valence-corrected chi connectivity index (χ3v) is 3.34. The first-order valence-electron chi connectivity index (χ1n) is 5.85. The monoisotopic (exact) mass is 215 g/mol. The van der Waals surface area contributed by atoms with E-state index in [-0.39, 0.29) is 0 Å². The molecule has 1 rings (SSSR count). The van der Waals surface area contributed by atoms with E-state index in [1.807, 2.05) is 6.08 Å². The normalized spacial score (nSPS) is 28.4. The van der Waals surface area contributed by atoms with Crippen molar-refractivity contribution >= 4 is 11.6 Å². The van der Waals surface area contributed by atoms with Crippen molar-refractivity contribution in [3.63, 3.8) is 0 Å². The molecule has 0 heterocycles. The van der Waals surface area contributed by atoms with Crippen LogP contribution in [0.25, 0.3) is 0 Å². The summed E-state index contributed by atoms with van der Waals surface area (Å²) in [7, 11) is 0. The molecule has 0 saturated heterocycles. The highest BCUT2D eigenvalue weighted by Gasteiger charge is 2.19. The van der Waals surface area contributed by atoms with Crippen molar-refractivity contribution in [1.82, 2.24) is 5.32 Å². The van der Waals surface area contributed by atoms with Crippen molar-refractivity contribution in [3.05, 3.63) is 11.6 Å². The highest BCUT2D eigenvalue weighted by Crippen LogP contribution is 2.27. The van der Waals surface area contributed by atoms with Crippen LogP contribution in [0.4, 0.5) is 0 Å². The summed E-state index contributed by atoms with van der Waals surface area (Å²) in [4.78, 5) is 0. The lowest BCUT2D eigenvalue weighted by atomic mass is 9.83. The van der Waals surface area contributed by atoms with Gasteiger partial charge in [0.2, 0.25) is 0 Å². The summed E-state index contributed by atoms with van der Waals surface area (Å²) in [5, 5.41) is 3.51. The van der Waals surface area contributed by atoms with Gasteiger partial charge in [0.05, 0.1) is 0 Å². The molecular weight excluding hydrogens is 194 g/mol. The fourth-order valence-electron chi connectivity index (χ4n) is 2.34. The van der Waals surface area contributed by atoms with Gasteiger partial charge in [0.25, 0.3) is 0 Å². The summed E-state index contributed by atoms with van der Waals surface area (Å²) < 4.78 is 0. The van der Waals surface area contributed by atoms with Crippen molar-refractivity contribution in [2.75, 3.05) is 6.54 Å². The lowest BCUT2D eigenvalue weighted by Crippen LogP contribution is -2.33. The zero-order valence-corrected chi connectivity index (χ0v) is 9.89. The number of nitrogens with one attached hydrogen (secondary N) is 1. The van der Waals surface area contributed by atoms with Gasteiger partial charge >= 0.3 is 0 Å². The molecule has 14 heavy (non-hydrogen) atoms. The van der Waals surface area contributed by atoms with Crippen LogP contribution in [0.5, 0.6) is 0 Å². The van der Waals surface area contributed by atoms with E-state index in [1.165, 1.54) is 38.5 Å². The topological polar surface area (TPSA) is 12.0 Å². The fraction of sp³-hybridized carbons (Fsp3) is 0.833. The molecule has 2 heteroatoms. The second kappa shape index (κ2) is 7.30. The molecule has 0 aromatic carbocycles. The Bertz CT molecular complexity index is 160. The van der Waals surface area contributed by atoms with Crippen molar-refractivity contribution in [3.8, 4) is 0 Å². The van der Waals surface area contributed by atoms with Crippen LogP contribution in [-0.2, 0) is 0 Å². The summed E-state index contributed by atoms with van der Waals surface area (Å²) >= 11 is 5.46. The molecule has 0 atom stereocenters. The molecule has 0 aromatic rings. The van der Waals surface area contributed by atoms with Crippen molar-refractivity contribution in [2.24, 2.45) is 5.92 Å². The predicted octanol–water partition coefficient (Wildman–Crippen LogP) is 3.69. The third kappa shape index (κ3) is 4.47. The van der Waals surface area contributed by atoms with E-state index in [0.29, 0.717) is 0 Å². The fourth-order valence-corrected chi connectivity index (χ4v) is 2.43. The summed E-state index contributed by atoms with van der Waals surface area (Å²) in [6.07, 6.45) is 10.3. The quantitative estimate of drug-likeness (QED) is 0.738. The second-order valence-corrected chi connectivity index (χ2v) is 4.53. The van der Waals surface area contributed by atoms with E-state index in [9.17, 15) is 0 Å². The number of hydrogen-bond donors (Lipinski definition) is 1. The average molecular weight is 216 g/mol. The maximum Gasteiger partial charge on any atom is 0.0149 e. The Hall–Kier alpha value is -0.0100. The molecule has 1 fully saturated rings. The number of hydrogen-bond acceptors (Lipinski definition) is 1. The molecule has 1 saturated carbocycles. The Morgan fingerprint density at radius 2 is 2.00 bits per heavy atom. The number of rotatable bonds is 5. The first kappa shape index (κ1) is 12.1. The molecule has 82 valence electrons. The highest BCUT2D eigenvalue weighted by molar-refractivity contribution is 6.25. The molecule has 1 N–H and O–H groups in total. The first-order valence-corrected chi connectivity index (χ1v) is 6.29. The predicted molar refractivity (Wildman–Crippen MR) is 63.6 cm³/mol. The van der Waals surface area contributed by atoms with Crippen LogP contribution >= 0.6 is 11.6 Å². The second-order valence-electron chi connectivity index (χ2n) is 4.28. The lowest BCUT2D eigenvalue weighted by Gasteiger charge is -2.28.